The summed E-state index contributed by atoms with van der Waals surface area (Å²) in [7, 11) is 3.72. The normalized spacial score (nSPS) is 23.8. The molecule has 2 aliphatic rings. The number of hydrogen-bond acceptors (Lipinski definition) is 6. The van der Waals surface area contributed by atoms with Crippen molar-refractivity contribution >= 4 is 10.9 Å². The summed E-state index contributed by atoms with van der Waals surface area (Å²) < 4.78 is 11.7. The van der Waals surface area contributed by atoms with Crippen LogP contribution in [0.5, 0.6) is 11.5 Å². The minimum Gasteiger partial charge on any atom is -0.493 e. The van der Waals surface area contributed by atoms with Gasteiger partial charge >= 0.3 is 0 Å². The number of nitrogens with zero attached hydrogens (tertiary/aromatic N) is 3. The molecule has 0 bridgehead atoms. The van der Waals surface area contributed by atoms with E-state index in [0.29, 0.717) is 28.4 Å². The fourth-order valence-corrected chi connectivity index (χ4v) is 4.22. The maximum absolute atomic E-state index is 12.1. The van der Waals surface area contributed by atoms with Crippen LogP contribution in [0.4, 0.5) is 0 Å². The summed E-state index contributed by atoms with van der Waals surface area (Å²) in [5.74, 6) is 1.23. The third kappa shape index (κ3) is 3.71. The number of ether oxygens (including phenoxy) is 2. The van der Waals surface area contributed by atoms with Gasteiger partial charge in [0.2, 0.25) is 0 Å². The lowest BCUT2D eigenvalue weighted by atomic mass is 9.91. The van der Waals surface area contributed by atoms with Crippen LogP contribution in [0.3, 0.4) is 0 Å². The second kappa shape index (κ2) is 7.83. The minimum absolute atomic E-state index is 0.133. The Bertz CT molecular complexity index is 917. The largest absolute Gasteiger partial charge is 0.493 e. The van der Waals surface area contributed by atoms with Crippen LogP contribution in [0.1, 0.15) is 25.7 Å². The van der Waals surface area contributed by atoms with E-state index in [1.807, 2.05) is 0 Å². The Balaban J connectivity index is 1.43. The van der Waals surface area contributed by atoms with Crippen molar-refractivity contribution in [2.45, 2.75) is 37.8 Å². The van der Waals surface area contributed by atoms with E-state index >= 15 is 0 Å². The van der Waals surface area contributed by atoms with Gasteiger partial charge in [0, 0.05) is 44.5 Å². The third-order valence-corrected chi connectivity index (χ3v) is 6.03. The molecule has 1 aromatic heterocycles. The second-order valence-electron chi connectivity index (χ2n) is 7.76. The minimum atomic E-state index is -0.170. The van der Waals surface area contributed by atoms with Crippen molar-refractivity contribution in [2.75, 3.05) is 33.8 Å². The molecule has 1 aliphatic heterocycles. The average Bonchev–Trinajstić information content (AvgIpc) is 2.71. The van der Waals surface area contributed by atoms with E-state index in [4.69, 9.17) is 9.47 Å². The zero-order valence-corrected chi connectivity index (χ0v) is 16.6. The zero-order chi connectivity index (χ0) is 19.7. The fourth-order valence-electron chi connectivity index (χ4n) is 4.22. The van der Waals surface area contributed by atoms with Crippen molar-refractivity contribution < 1.29 is 9.47 Å². The van der Waals surface area contributed by atoms with Crippen molar-refractivity contribution in [1.29, 1.82) is 0 Å². The summed E-state index contributed by atoms with van der Waals surface area (Å²) in [4.78, 5) is 23.7. The molecule has 7 nitrogen and oxygen atoms in total. The summed E-state index contributed by atoms with van der Waals surface area (Å²) in [6.07, 6.45) is 5.74. The van der Waals surface area contributed by atoms with Crippen molar-refractivity contribution in [1.82, 2.24) is 19.8 Å². The molecule has 1 aromatic carbocycles. The Hall–Kier alpha value is -2.54. The number of fused-ring (bicyclic) bond motifs is 1. The van der Waals surface area contributed by atoms with Crippen LogP contribution in [0.2, 0.25) is 0 Å². The van der Waals surface area contributed by atoms with Crippen LogP contribution < -0.4 is 15.0 Å². The van der Waals surface area contributed by atoms with E-state index in [0.717, 1.165) is 45.3 Å². The third-order valence-electron chi connectivity index (χ3n) is 6.03. The molecule has 150 valence electrons. The smallest absolute Gasteiger partial charge is 0.258 e. The predicted molar refractivity (Wildman–Crippen MR) is 109 cm³/mol. The van der Waals surface area contributed by atoms with Crippen LogP contribution >= 0.6 is 0 Å². The number of methoxy groups -OCH3 is 1. The molecule has 1 N–H and O–H groups in total. The molecule has 1 saturated heterocycles. The fraction of sp³-hybridized carbons (Fsp3) is 0.524. The first-order valence-electron chi connectivity index (χ1n) is 9.90. The van der Waals surface area contributed by atoms with Gasteiger partial charge in [0.25, 0.3) is 5.56 Å². The molecule has 0 atom stereocenters. The number of piperazine rings is 1. The highest BCUT2D eigenvalue weighted by molar-refractivity contribution is 5.81. The summed E-state index contributed by atoms with van der Waals surface area (Å²) >= 11 is 0. The molecule has 7 heteroatoms. The molecule has 2 fully saturated rings. The van der Waals surface area contributed by atoms with Gasteiger partial charge in [-0.2, -0.15) is 0 Å². The van der Waals surface area contributed by atoms with Gasteiger partial charge in [0.15, 0.2) is 11.5 Å². The number of H-pyrrole nitrogens is 1. The van der Waals surface area contributed by atoms with E-state index in [2.05, 4.69) is 33.4 Å². The van der Waals surface area contributed by atoms with Gasteiger partial charge in [0.05, 0.1) is 30.4 Å². The zero-order valence-electron chi connectivity index (χ0n) is 16.6. The lowest BCUT2D eigenvalue weighted by Crippen LogP contribution is -2.49. The number of rotatable bonds is 4. The highest BCUT2D eigenvalue weighted by Gasteiger charge is 2.29. The van der Waals surface area contributed by atoms with Crippen molar-refractivity contribution in [3.63, 3.8) is 0 Å². The average molecular weight is 384 g/mol. The van der Waals surface area contributed by atoms with E-state index in [-0.39, 0.29) is 11.7 Å². The first kappa shape index (κ1) is 18.8. The SMILES string of the molecule is C=C1CN([C@H]2CC[C@H](Oc3cc4c(=O)[nH]cnc4cc3OC)CC2)CCN1C. The molecule has 4 rings (SSSR count). The van der Waals surface area contributed by atoms with Gasteiger partial charge in [-0.15, -0.1) is 0 Å². The molecule has 0 amide bonds. The highest BCUT2D eigenvalue weighted by Crippen LogP contribution is 2.34. The summed E-state index contributed by atoms with van der Waals surface area (Å²) in [5.41, 5.74) is 1.63. The first-order chi connectivity index (χ1) is 13.5. The topological polar surface area (TPSA) is 70.7 Å². The van der Waals surface area contributed by atoms with E-state index in [9.17, 15) is 4.79 Å². The second-order valence-corrected chi connectivity index (χ2v) is 7.76. The van der Waals surface area contributed by atoms with Gasteiger partial charge in [-0.3, -0.25) is 9.69 Å². The van der Waals surface area contributed by atoms with Gasteiger partial charge in [0.1, 0.15) is 0 Å². The maximum atomic E-state index is 12.1. The molecule has 2 heterocycles. The Morgan fingerprint density at radius 3 is 2.68 bits per heavy atom. The molecule has 0 unspecified atom stereocenters. The van der Waals surface area contributed by atoms with Gasteiger partial charge < -0.3 is 19.4 Å². The Morgan fingerprint density at radius 2 is 1.96 bits per heavy atom. The molecule has 0 radical (unpaired) electrons. The van der Waals surface area contributed by atoms with Crippen molar-refractivity contribution in [3.05, 3.63) is 41.1 Å². The summed E-state index contributed by atoms with van der Waals surface area (Å²) in [6.45, 7) is 7.28. The van der Waals surface area contributed by atoms with Gasteiger partial charge in [-0.05, 0) is 31.7 Å². The van der Waals surface area contributed by atoms with Crippen molar-refractivity contribution in [2.24, 2.45) is 0 Å². The first-order valence-corrected chi connectivity index (χ1v) is 9.90. The number of benzene rings is 1. The molecule has 1 saturated carbocycles. The predicted octanol–water partition coefficient (Wildman–Crippen LogP) is 2.38. The standard InChI is InChI=1S/C21H28N4O3/c1-14-12-25(9-8-24(14)2)15-4-6-16(7-5-15)28-20-10-17-18(11-19(20)27-3)22-13-23-21(17)26/h10-11,13,15-16H,1,4-9,12H2,2-3H3,(H,22,23,26)/t15-,16-. The van der Waals surface area contributed by atoms with E-state index in [1.165, 1.54) is 12.0 Å². The van der Waals surface area contributed by atoms with Gasteiger partial charge in [-0.1, -0.05) is 6.58 Å². The maximum Gasteiger partial charge on any atom is 0.258 e. The van der Waals surface area contributed by atoms with E-state index in [1.54, 1.807) is 19.2 Å². The summed E-state index contributed by atoms with van der Waals surface area (Å²) in [6, 6.07) is 4.11. The van der Waals surface area contributed by atoms with Crippen LogP contribution in [0.15, 0.2) is 35.5 Å². The number of aromatic nitrogens is 2. The Kier molecular flexibility index (Phi) is 5.26. The molecular formula is C21H28N4O3. The molecule has 2 aromatic rings. The quantitative estimate of drug-likeness (QED) is 0.873. The van der Waals surface area contributed by atoms with Gasteiger partial charge in [-0.25, -0.2) is 4.98 Å². The number of aromatic amines is 1. The summed E-state index contributed by atoms with van der Waals surface area (Å²) in [5, 5.41) is 0.517. The van der Waals surface area contributed by atoms with E-state index < -0.39 is 0 Å². The molecule has 1 aliphatic carbocycles. The monoisotopic (exact) mass is 384 g/mol. The number of nitrogens with one attached hydrogen (secondary N) is 1. The number of likely N-dealkylation sites (N-methyl/N-ethyl adjacent to an activating group) is 1. The van der Waals surface area contributed by atoms with Crippen LogP contribution in [-0.2, 0) is 0 Å². The van der Waals surface area contributed by atoms with Crippen LogP contribution in [0.25, 0.3) is 10.9 Å². The lowest BCUT2D eigenvalue weighted by Gasteiger charge is -2.42. The Labute approximate surface area is 165 Å². The number of hydrogen-bond donors (Lipinski definition) is 1. The molecule has 0 spiro atoms. The Morgan fingerprint density at radius 1 is 1.18 bits per heavy atom. The molecule has 28 heavy (non-hydrogen) atoms. The van der Waals surface area contributed by atoms with Crippen LogP contribution in [0, 0.1) is 0 Å². The van der Waals surface area contributed by atoms with Crippen LogP contribution in [-0.4, -0.2) is 65.7 Å². The molecular weight excluding hydrogens is 356 g/mol. The highest BCUT2D eigenvalue weighted by atomic mass is 16.5. The van der Waals surface area contributed by atoms with Crippen molar-refractivity contribution in [3.8, 4) is 11.5 Å². The lowest BCUT2D eigenvalue weighted by molar-refractivity contribution is 0.0723.